The molecule has 0 spiro atoms. The van der Waals surface area contributed by atoms with E-state index in [1.54, 1.807) is 24.3 Å². The van der Waals surface area contributed by atoms with Gasteiger partial charge in [-0.25, -0.2) is 4.79 Å². The first-order chi connectivity index (χ1) is 9.91. The van der Waals surface area contributed by atoms with Crippen molar-refractivity contribution in [2.45, 2.75) is 20.4 Å². The van der Waals surface area contributed by atoms with Crippen molar-refractivity contribution in [3.05, 3.63) is 47.2 Å². The van der Waals surface area contributed by atoms with Gasteiger partial charge in [0.25, 0.3) is 5.91 Å². The molecular formula is C15H14N2O4. The summed E-state index contributed by atoms with van der Waals surface area (Å²) in [7, 11) is 0. The number of benzene rings is 1. The van der Waals surface area contributed by atoms with Gasteiger partial charge < -0.3 is 5.11 Å². The maximum Gasteiger partial charge on any atom is 0.351 e. The van der Waals surface area contributed by atoms with Crippen molar-refractivity contribution in [2.75, 3.05) is 0 Å². The largest absolute Gasteiger partial charge is 0.512 e. The quantitative estimate of drug-likeness (QED) is 0.677. The molecule has 0 radical (unpaired) electrons. The highest BCUT2D eigenvalue weighted by atomic mass is 16.3. The number of imide groups is 1. The number of aliphatic hydroxyl groups excluding tert-OH is 1. The Morgan fingerprint density at radius 2 is 1.81 bits per heavy atom. The van der Waals surface area contributed by atoms with E-state index in [4.69, 9.17) is 0 Å². The Bertz CT molecular complexity index is 670. The van der Waals surface area contributed by atoms with E-state index in [1.165, 1.54) is 13.8 Å². The zero-order valence-electron chi connectivity index (χ0n) is 11.7. The second-order valence-electron chi connectivity index (χ2n) is 4.64. The molecule has 0 aromatic heterocycles. The van der Waals surface area contributed by atoms with Gasteiger partial charge in [0.05, 0.1) is 12.1 Å². The fourth-order valence-electron chi connectivity index (χ4n) is 2.08. The lowest BCUT2D eigenvalue weighted by atomic mass is 10.0. The molecule has 6 heteroatoms. The van der Waals surface area contributed by atoms with Crippen molar-refractivity contribution in [1.82, 2.24) is 4.90 Å². The first-order valence-corrected chi connectivity index (χ1v) is 6.31. The number of aliphatic imine (C=N–C) groups is 1. The molecule has 108 valence electrons. The van der Waals surface area contributed by atoms with Gasteiger partial charge in [0.2, 0.25) is 0 Å². The molecule has 0 unspecified atom stereocenters. The topological polar surface area (TPSA) is 87.0 Å². The summed E-state index contributed by atoms with van der Waals surface area (Å²) >= 11 is 0. The summed E-state index contributed by atoms with van der Waals surface area (Å²) in [5, 5.41) is 9.52. The third kappa shape index (κ3) is 2.89. The third-order valence-electron chi connectivity index (χ3n) is 3.02. The Hall–Kier alpha value is -2.76. The normalized spacial score (nSPS) is 15.9. The Kier molecular flexibility index (Phi) is 3.98. The van der Waals surface area contributed by atoms with Crippen LogP contribution in [-0.2, 0) is 16.1 Å². The Labute approximate surface area is 121 Å². The van der Waals surface area contributed by atoms with Gasteiger partial charge in [-0.05, 0) is 19.4 Å². The number of amides is 3. The molecule has 0 fully saturated rings. The van der Waals surface area contributed by atoms with E-state index in [-0.39, 0.29) is 23.6 Å². The SMILES string of the molecule is CC(=O)/C(C1=NC(=O)N(Cc2ccccc2)C1=O)=C(/C)O. The molecular weight excluding hydrogens is 272 g/mol. The predicted octanol–water partition coefficient (Wildman–Crippen LogP) is 2.01. The smallest absolute Gasteiger partial charge is 0.351 e. The number of hydrogen-bond donors (Lipinski definition) is 1. The lowest BCUT2D eigenvalue weighted by molar-refractivity contribution is -0.121. The van der Waals surface area contributed by atoms with Gasteiger partial charge in [-0.2, -0.15) is 4.99 Å². The molecule has 0 saturated heterocycles. The summed E-state index contributed by atoms with van der Waals surface area (Å²) in [6, 6.07) is 8.22. The fraction of sp³-hybridized carbons (Fsp3) is 0.200. The lowest BCUT2D eigenvalue weighted by Gasteiger charge is -2.13. The second kappa shape index (κ2) is 5.70. The zero-order chi connectivity index (χ0) is 15.6. The van der Waals surface area contributed by atoms with E-state index in [9.17, 15) is 19.5 Å². The van der Waals surface area contributed by atoms with Crippen LogP contribution in [0.4, 0.5) is 4.79 Å². The fourth-order valence-corrected chi connectivity index (χ4v) is 2.08. The van der Waals surface area contributed by atoms with Gasteiger partial charge >= 0.3 is 6.03 Å². The molecule has 0 bridgehead atoms. The molecule has 1 aliphatic heterocycles. The van der Waals surface area contributed by atoms with E-state index in [2.05, 4.69) is 4.99 Å². The summed E-state index contributed by atoms with van der Waals surface area (Å²) in [4.78, 5) is 40.2. The number of Topliss-reactive ketones (excluding diaryl/α,β-unsaturated/α-hetero) is 1. The number of hydrogen-bond acceptors (Lipinski definition) is 4. The van der Waals surface area contributed by atoms with Gasteiger partial charge in [0.15, 0.2) is 5.78 Å². The number of carbonyl (C=O) groups is 3. The van der Waals surface area contributed by atoms with E-state index < -0.39 is 17.7 Å². The highest BCUT2D eigenvalue weighted by Gasteiger charge is 2.37. The van der Waals surface area contributed by atoms with Crippen LogP contribution in [0.25, 0.3) is 0 Å². The Balaban J connectivity index is 2.29. The van der Waals surface area contributed by atoms with E-state index in [1.807, 2.05) is 6.07 Å². The van der Waals surface area contributed by atoms with Crippen molar-refractivity contribution in [3.63, 3.8) is 0 Å². The van der Waals surface area contributed by atoms with Crippen molar-refractivity contribution in [3.8, 4) is 0 Å². The summed E-state index contributed by atoms with van der Waals surface area (Å²) in [5.41, 5.74) is 0.247. The highest BCUT2D eigenvalue weighted by molar-refractivity contribution is 6.56. The summed E-state index contributed by atoms with van der Waals surface area (Å²) in [6.45, 7) is 2.55. The van der Waals surface area contributed by atoms with Crippen LogP contribution in [0.15, 0.2) is 46.7 Å². The Morgan fingerprint density at radius 3 is 2.33 bits per heavy atom. The number of urea groups is 1. The standard InChI is InChI=1S/C15H14N2O4/c1-9(18)12(10(2)19)13-14(20)17(15(21)16-13)8-11-6-4-3-5-7-11/h3-7,18H,8H2,1-2H3/b12-9+. The lowest BCUT2D eigenvalue weighted by Crippen LogP contribution is -2.33. The first-order valence-electron chi connectivity index (χ1n) is 6.31. The van der Waals surface area contributed by atoms with Crippen molar-refractivity contribution in [1.29, 1.82) is 0 Å². The third-order valence-corrected chi connectivity index (χ3v) is 3.02. The van der Waals surface area contributed by atoms with Gasteiger partial charge in [-0.15, -0.1) is 0 Å². The van der Waals surface area contributed by atoms with Crippen molar-refractivity contribution >= 4 is 23.4 Å². The minimum Gasteiger partial charge on any atom is -0.512 e. The average Bonchev–Trinajstić information content (AvgIpc) is 2.67. The van der Waals surface area contributed by atoms with E-state index in [0.717, 1.165) is 10.5 Å². The predicted molar refractivity (Wildman–Crippen MR) is 75.8 cm³/mol. The summed E-state index contributed by atoms with van der Waals surface area (Å²) < 4.78 is 0. The second-order valence-corrected chi connectivity index (χ2v) is 4.64. The van der Waals surface area contributed by atoms with Gasteiger partial charge in [-0.1, -0.05) is 30.3 Å². The summed E-state index contributed by atoms with van der Waals surface area (Å²) in [6.07, 6.45) is 0. The number of aliphatic hydroxyl groups is 1. The first kappa shape index (κ1) is 14.6. The molecule has 21 heavy (non-hydrogen) atoms. The highest BCUT2D eigenvalue weighted by Crippen LogP contribution is 2.18. The van der Waals surface area contributed by atoms with Crippen LogP contribution in [0, 0.1) is 0 Å². The van der Waals surface area contributed by atoms with Crippen LogP contribution in [0.2, 0.25) is 0 Å². The summed E-state index contributed by atoms with van der Waals surface area (Å²) in [5.74, 6) is -1.53. The molecule has 1 aliphatic rings. The minimum atomic E-state index is -0.737. The molecule has 1 aromatic rings. The average molecular weight is 286 g/mol. The molecule has 0 atom stereocenters. The maximum absolute atomic E-state index is 12.2. The molecule has 2 rings (SSSR count). The molecule has 0 saturated carbocycles. The Morgan fingerprint density at radius 1 is 1.19 bits per heavy atom. The van der Waals surface area contributed by atoms with E-state index in [0.29, 0.717) is 0 Å². The van der Waals surface area contributed by atoms with Crippen LogP contribution in [0.5, 0.6) is 0 Å². The van der Waals surface area contributed by atoms with Crippen LogP contribution < -0.4 is 0 Å². The van der Waals surface area contributed by atoms with Gasteiger partial charge in [0.1, 0.15) is 11.5 Å². The monoisotopic (exact) mass is 286 g/mol. The van der Waals surface area contributed by atoms with Crippen LogP contribution in [-0.4, -0.2) is 33.4 Å². The van der Waals surface area contributed by atoms with Crippen LogP contribution in [0.1, 0.15) is 19.4 Å². The van der Waals surface area contributed by atoms with E-state index >= 15 is 0 Å². The van der Waals surface area contributed by atoms with Gasteiger partial charge in [-0.3, -0.25) is 14.5 Å². The number of ketones is 1. The van der Waals surface area contributed by atoms with Crippen molar-refractivity contribution in [2.24, 2.45) is 4.99 Å². The number of carbonyl (C=O) groups excluding carboxylic acids is 3. The van der Waals surface area contributed by atoms with Crippen LogP contribution in [0.3, 0.4) is 0 Å². The number of rotatable bonds is 4. The maximum atomic E-state index is 12.2. The molecule has 1 heterocycles. The number of allylic oxidation sites excluding steroid dienone is 1. The molecule has 3 amide bonds. The molecule has 6 nitrogen and oxygen atoms in total. The molecule has 1 N–H and O–H groups in total. The van der Waals surface area contributed by atoms with Crippen molar-refractivity contribution < 1.29 is 19.5 Å². The van der Waals surface area contributed by atoms with Gasteiger partial charge in [0, 0.05) is 0 Å². The zero-order valence-corrected chi connectivity index (χ0v) is 11.7. The molecule has 0 aliphatic carbocycles. The molecule has 1 aromatic carbocycles. The minimum absolute atomic E-state index is 0.0706. The number of nitrogens with zero attached hydrogens (tertiary/aromatic N) is 2. The van der Waals surface area contributed by atoms with Crippen LogP contribution >= 0.6 is 0 Å².